The van der Waals surface area contributed by atoms with Crippen LogP contribution in [0, 0.1) is 0 Å². The number of amides is 1. The lowest BCUT2D eigenvalue weighted by atomic mass is 10.2. The van der Waals surface area contributed by atoms with E-state index >= 15 is 0 Å². The topological polar surface area (TPSA) is 84.2 Å². The summed E-state index contributed by atoms with van der Waals surface area (Å²) in [4.78, 5) is 13.5. The zero-order valence-corrected chi connectivity index (χ0v) is 10.3. The van der Waals surface area contributed by atoms with Crippen LogP contribution in [0.3, 0.4) is 0 Å². The summed E-state index contributed by atoms with van der Waals surface area (Å²) < 4.78 is 5.26. The zero-order chi connectivity index (χ0) is 13.2. The van der Waals surface area contributed by atoms with Gasteiger partial charge in [-0.15, -0.1) is 0 Å². The number of benzene rings is 1. The van der Waals surface area contributed by atoms with E-state index in [1.165, 1.54) is 0 Å². The number of carbonyl (C=O) groups excluding carboxylic acids is 1. The van der Waals surface area contributed by atoms with Crippen molar-refractivity contribution in [2.24, 2.45) is 0 Å². The first-order valence-electron chi connectivity index (χ1n) is 6.01. The number of hydrogen-bond donors (Lipinski definition) is 2. The van der Waals surface area contributed by atoms with Gasteiger partial charge in [0, 0.05) is 5.56 Å². The van der Waals surface area contributed by atoms with E-state index in [0.29, 0.717) is 18.9 Å². The van der Waals surface area contributed by atoms with Crippen molar-refractivity contribution in [1.29, 1.82) is 0 Å². The molecule has 98 valence electrons. The van der Waals surface area contributed by atoms with Crippen molar-refractivity contribution in [3.05, 3.63) is 47.2 Å². The number of ether oxygens (including phenoxy) is 1. The first kappa shape index (κ1) is 11.6. The standard InChI is InChI=1S/C13H14N4O2/c14-12-10-6-17(7-11(10)15-16-12)13(18)19-8-9-4-2-1-3-5-9/h1-5H,6-8H2,(H3,14,15,16). The summed E-state index contributed by atoms with van der Waals surface area (Å²) in [6, 6.07) is 9.59. The number of nitrogens with two attached hydrogens (primary N) is 1. The summed E-state index contributed by atoms with van der Waals surface area (Å²) >= 11 is 0. The van der Waals surface area contributed by atoms with Gasteiger partial charge in [-0.05, 0) is 5.56 Å². The molecule has 0 saturated carbocycles. The molecule has 1 aromatic carbocycles. The molecule has 6 nitrogen and oxygen atoms in total. The maximum Gasteiger partial charge on any atom is 0.410 e. The third-order valence-corrected chi connectivity index (χ3v) is 3.15. The number of nitrogens with zero attached hydrogens (tertiary/aromatic N) is 2. The molecule has 1 aliphatic heterocycles. The highest BCUT2D eigenvalue weighted by Gasteiger charge is 2.28. The monoisotopic (exact) mass is 258 g/mol. The summed E-state index contributed by atoms with van der Waals surface area (Å²) in [6.07, 6.45) is -0.340. The predicted octanol–water partition coefficient (Wildman–Crippen LogP) is 1.64. The summed E-state index contributed by atoms with van der Waals surface area (Å²) in [5.74, 6) is 0.452. The maximum atomic E-state index is 11.9. The number of carbonyl (C=O) groups is 1. The van der Waals surface area contributed by atoms with Crippen LogP contribution in [0.15, 0.2) is 30.3 Å². The molecular weight excluding hydrogens is 244 g/mol. The molecule has 0 aliphatic carbocycles. The second-order valence-electron chi connectivity index (χ2n) is 4.46. The lowest BCUT2D eigenvalue weighted by Crippen LogP contribution is -2.26. The smallest absolute Gasteiger partial charge is 0.410 e. The molecule has 0 fully saturated rings. The van der Waals surface area contributed by atoms with Crippen molar-refractivity contribution in [3.63, 3.8) is 0 Å². The SMILES string of the molecule is Nc1n[nH]c2c1CN(C(=O)OCc1ccccc1)C2. The molecule has 1 aromatic heterocycles. The molecule has 2 heterocycles. The number of anilines is 1. The van der Waals surface area contributed by atoms with Crippen LogP contribution in [0.2, 0.25) is 0 Å². The van der Waals surface area contributed by atoms with Gasteiger partial charge in [0.05, 0.1) is 18.8 Å². The number of aromatic nitrogens is 2. The summed E-state index contributed by atoms with van der Waals surface area (Å²) in [7, 11) is 0. The predicted molar refractivity (Wildman–Crippen MR) is 68.9 cm³/mol. The van der Waals surface area contributed by atoms with Gasteiger partial charge in [0.15, 0.2) is 5.82 Å². The van der Waals surface area contributed by atoms with Crippen LogP contribution in [-0.2, 0) is 24.4 Å². The second-order valence-corrected chi connectivity index (χ2v) is 4.46. The van der Waals surface area contributed by atoms with E-state index in [1.807, 2.05) is 30.3 Å². The van der Waals surface area contributed by atoms with Crippen LogP contribution in [0.4, 0.5) is 10.6 Å². The molecule has 19 heavy (non-hydrogen) atoms. The molecule has 2 aromatic rings. The van der Waals surface area contributed by atoms with Crippen molar-refractivity contribution in [3.8, 4) is 0 Å². The van der Waals surface area contributed by atoms with E-state index in [4.69, 9.17) is 10.5 Å². The normalized spacial score (nSPS) is 13.4. The van der Waals surface area contributed by atoms with Crippen LogP contribution >= 0.6 is 0 Å². The number of aromatic amines is 1. The Hall–Kier alpha value is -2.50. The van der Waals surface area contributed by atoms with Gasteiger partial charge < -0.3 is 10.5 Å². The maximum absolute atomic E-state index is 11.9. The summed E-state index contributed by atoms with van der Waals surface area (Å²) in [6.45, 7) is 1.19. The van der Waals surface area contributed by atoms with Crippen molar-refractivity contribution in [1.82, 2.24) is 15.1 Å². The van der Waals surface area contributed by atoms with Gasteiger partial charge in [0.1, 0.15) is 6.61 Å². The summed E-state index contributed by atoms with van der Waals surface area (Å²) in [5, 5.41) is 6.72. The number of rotatable bonds is 2. The van der Waals surface area contributed by atoms with Gasteiger partial charge in [0.25, 0.3) is 0 Å². The summed E-state index contributed by atoms with van der Waals surface area (Å²) in [5.41, 5.74) is 8.43. The molecule has 0 saturated heterocycles. The van der Waals surface area contributed by atoms with Crippen molar-refractivity contribution in [2.75, 3.05) is 5.73 Å². The number of nitrogens with one attached hydrogen (secondary N) is 1. The van der Waals surface area contributed by atoms with E-state index in [-0.39, 0.29) is 12.7 Å². The fraction of sp³-hybridized carbons (Fsp3) is 0.231. The van der Waals surface area contributed by atoms with Crippen molar-refractivity contribution in [2.45, 2.75) is 19.7 Å². The fourth-order valence-corrected chi connectivity index (χ4v) is 2.10. The van der Waals surface area contributed by atoms with Crippen molar-refractivity contribution < 1.29 is 9.53 Å². The first-order valence-corrected chi connectivity index (χ1v) is 6.01. The molecule has 0 atom stereocenters. The van der Waals surface area contributed by atoms with Crippen LogP contribution < -0.4 is 5.73 Å². The number of H-pyrrole nitrogens is 1. The Morgan fingerprint density at radius 2 is 2.16 bits per heavy atom. The Kier molecular flexibility index (Phi) is 2.83. The van der Waals surface area contributed by atoms with Gasteiger partial charge in [0.2, 0.25) is 0 Å². The second kappa shape index (κ2) is 4.64. The van der Waals surface area contributed by atoms with Crippen LogP contribution in [0.5, 0.6) is 0 Å². The highest BCUT2D eigenvalue weighted by atomic mass is 16.6. The third kappa shape index (κ3) is 2.24. The van der Waals surface area contributed by atoms with Crippen LogP contribution in [0.1, 0.15) is 16.8 Å². The van der Waals surface area contributed by atoms with Crippen LogP contribution in [-0.4, -0.2) is 21.2 Å². The average molecular weight is 258 g/mol. The van der Waals surface area contributed by atoms with E-state index in [0.717, 1.165) is 16.8 Å². The molecule has 3 rings (SSSR count). The Morgan fingerprint density at radius 3 is 2.89 bits per heavy atom. The van der Waals surface area contributed by atoms with E-state index in [2.05, 4.69) is 10.2 Å². The average Bonchev–Trinajstić information content (AvgIpc) is 3.00. The molecule has 0 bridgehead atoms. The molecule has 0 unspecified atom stereocenters. The lowest BCUT2D eigenvalue weighted by Gasteiger charge is -2.15. The third-order valence-electron chi connectivity index (χ3n) is 3.15. The number of fused-ring (bicyclic) bond motifs is 1. The van der Waals surface area contributed by atoms with Gasteiger partial charge in [-0.2, -0.15) is 5.10 Å². The lowest BCUT2D eigenvalue weighted by molar-refractivity contribution is 0.0951. The van der Waals surface area contributed by atoms with Gasteiger partial charge >= 0.3 is 6.09 Å². The largest absolute Gasteiger partial charge is 0.445 e. The minimum atomic E-state index is -0.340. The van der Waals surface area contributed by atoms with Crippen molar-refractivity contribution >= 4 is 11.9 Å². The highest BCUT2D eigenvalue weighted by Crippen LogP contribution is 2.25. The van der Waals surface area contributed by atoms with Gasteiger partial charge in [-0.25, -0.2) is 4.79 Å². The van der Waals surface area contributed by atoms with E-state index < -0.39 is 0 Å². The van der Waals surface area contributed by atoms with Crippen LogP contribution in [0.25, 0.3) is 0 Å². The molecule has 3 N–H and O–H groups in total. The number of nitrogen functional groups attached to an aromatic ring is 1. The molecule has 0 radical (unpaired) electrons. The van der Waals surface area contributed by atoms with E-state index in [9.17, 15) is 4.79 Å². The molecular formula is C13H14N4O2. The Morgan fingerprint density at radius 1 is 1.37 bits per heavy atom. The minimum absolute atomic E-state index is 0.276. The minimum Gasteiger partial charge on any atom is -0.445 e. The molecule has 1 amide bonds. The number of hydrogen-bond acceptors (Lipinski definition) is 4. The van der Waals surface area contributed by atoms with Gasteiger partial charge in [-0.3, -0.25) is 10.00 Å². The molecule has 0 spiro atoms. The zero-order valence-electron chi connectivity index (χ0n) is 10.3. The quantitative estimate of drug-likeness (QED) is 0.857. The highest BCUT2D eigenvalue weighted by molar-refractivity contribution is 5.69. The Balaban J connectivity index is 1.58. The molecule has 1 aliphatic rings. The van der Waals surface area contributed by atoms with Gasteiger partial charge in [-0.1, -0.05) is 30.3 Å². The molecule has 6 heteroatoms. The Bertz CT molecular complexity index is 594. The first-order chi connectivity index (χ1) is 9.24. The fourth-order valence-electron chi connectivity index (χ4n) is 2.10. The van der Waals surface area contributed by atoms with E-state index in [1.54, 1.807) is 4.90 Å². The Labute approximate surface area is 110 Å².